The van der Waals surface area contributed by atoms with Crippen molar-refractivity contribution in [1.29, 1.82) is 0 Å². The summed E-state index contributed by atoms with van der Waals surface area (Å²) in [4.78, 5) is 0. The van der Waals surface area contributed by atoms with E-state index in [0.29, 0.717) is 5.69 Å². The first-order valence-electron chi connectivity index (χ1n) is 5.69. The SMILES string of the molecule is CC(C)(C)Cn1nnnc1-c1cccc(N)c1Br. The molecule has 0 aliphatic rings. The molecule has 2 rings (SSSR count). The monoisotopic (exact) mass is 309 g/mol. The fourth-order valence-corrected chi connectivity index (χ4v) is 2.12. The number of nitrogens with two attached hydrogens (primary N) is 1. The summed E-state index contributed by atoms with van der Waals surface area (Å²) in [5, 5.41) is 11.9. The number of anilines is 1. The molecule has 18 heavy (non-hydrogen) atoms. The molecule has 0 spiro atoms. The first-order valence-corrected chi connectivity index (χ1v) is 6.48. The van der Waals surface area contributed by atoms with Crippen LogP contribution in [0.25, 0.3) is 11.4 Å². The average Bonchev–Trinajstić information content (AvgIpc) is 2.67. The van der Waals surface area contributed by atoms with Crippen molar-refractivity contribution in [2.45, 2.75) is 27.3 Å². The van der Waals surface area contributed by atoms with E-state index in [-0.39, 0.29) is 5.41 Å². The van der Waals surface area contributed by atoms with E-state index in [9.17, 15) is 0 Å². The standard InChI is InChI=1S/C12H16BrN5/c1-12(2,3)7-18-11(15-16-17-18)8-5-4-6-9(14)10(8)13/h4-6H,7,14H2,1-3H3. The minimum atomic E-state index is 0.108. The molecule has 0 radical (unpaired) electrons. The molecule has 0 atom stereocenters. The number of tetrazole rings is 1. The van der Waals surface area contributed by atoms with Gasteiger partial charge in [0.25, 0.3) is 0 Å². The van der Waals surface area contributed by atoms with Crippen molar-refractivity contribution < 1.29 is 0 Å². The molecule has 0 saturated heterocycles. The van der Waals surface area contributed by atoms with E-state index in [1.165, 1.54) is 0 Å². The van der Waals surface area contributed by atoms with E-state index in [1.54, 1.807) is 4.68 Å². The predicted molar refractivity (Wildman–Crippen MR) is 74.8 cm³/mol. The fourth-order valence-electron chi connectivity index (χ4n) is 1.68. The van der Waals surface area contributed by atoms with Crippen LogP contribution in [0.4, 0.5) is 5.69 Å². The molecule has 1 aromatic carbocycles. The molecule has 0 saturated carbocycles. The van der Waals surface area contributed by atoms with Crippen molar-refractivity contribution in [1.82, 2.24) is 20.2 Å². The second-order valence-corrected chi connectivity index (χ2v) is 6.22. The minimum absolute atomic E-state index is 0.108. The number of nitrogens with zero attached hydrogens (tertiary/aromatic N) is 4. The smallest absolute Gasteiger partial charge is 0.183 e. The average molecular weight is 310 g/mol. The second kappa shape index (κ2) is 4.68. The maximum atomic E-state index is 5.88. The molecule has 1 heterocycles. The van der Waals surface area contributed by atoms with Crippen molar-refractivity contribution in [2.24, 2.45) is 5.41 Å². The number of benzene rings is 1. The molecule has 0 bridgehead atoms. The highest BCUT2D eigenvalue weighted by atomic mass is 79.9. The van der Waals surface area contributed by atoms with E-state index in [4.69, 9.17) is 5.73 Å². The molecular weight excluding hydrogens is 294 g/mol. The number of halogens is 1. The quantitative estimate of drug-likeness (QED) is 0.866. The molecule has 0 fully saturated rings. The van der Waals surface area contributed by atoms with Crippen LogP contribution in [0.5, 0.6) is 0 Å². The summed E-state index contributed by atoms with van der Waals surface area (Å²) in [7, 11) is 0. The van der Waals surface area contributed by atoms with Crippen LogP contribution in [-0.2, 0) is 6.54 Å². The summed E-state index contributed by atoms with van der Waals surface area (Å²) in [6.45, 7) is 7.18. The van der Waals surface area contributed by atoms with Crippen molar-refractivity contribution in [3.05, 3.63) is 22.7 Å². The van der Waals surface area contributed by atoms with Gasteiger partial charge in [0.15, 0.2) is 5.82 Å². The highest BCUT2D eigenvalue weighted by molar-refractivity contribution is 9.10. The van der Waals surface area contributed by atoms with Crippen LogP contribution >= 0.6 is 15.9 Å². The second-order valence-electron chi connectivity index (χ2n) is 5.43. The lowest BCUT2D eigenvalue weighted by molar-refractivity contribution is 0.323. The Morgan fingerprint density at radius 2 is 2.06 bits per heavy atom. The molecule has 96 valence electrons. The van der Waals surface area contributed by atoms with E-state index in [0.717, 1.165) is 22.4 Å². The topological polar surface area (TPSA) is 69.6 Å². The minimum Gasteiger partial charge on any atom is -0.398 e. The first-order chi connectivity index (χ1) is 8.38. The number of rotatable bonds is 2. The molecular formula is C12H16BrN5. The van der Waals surface area contributed by atoms with Gasteiger partial charge in [0, 0.05) is 17.8 Å². The molecule has 1 aromatic heterocycles. The van der Waals surface area contributed by atoms with Crippen LogP contribution in [0.1, 0.15) is 20.8 Å². The van der Waals surface area contributed by atoms with Gasteiger partial charge in [-0.2, -0.15) is 0 Å². The molecule has 0 aliphatic heterocycles. The Morgan fingerprint density at radius 3 is 2.72 bits per heavy atom. The van der Waals surface area contributed by atoms with Gasteiger partial charge in [0.05, 0.1) is 4.47 Å². The van der Waals surface area contributed by atoms with E-state index < -0.39 is 0 Å². The Hall–Kier alpha value is -1.43. The Balaban J connectivity index is 2.46. The highest BCUT2D eigenvalue weighted by Gasteiger charge is 2.18. The summed E-state index contributed by atoms with van der Waals surface area (Å²) in [5.74, 6) is 0.726. The normalized spacial score (nSPS) is 11.8. The summed E-state index contributed by atoms with van der Waals surface area (Å²) < 4.78 is 2.63. The van der Waals surface area contributed by atoms with Gasteiger partial charge in [0.2, 0.25) is 0 Å². The summed E-state index contributed by atoms with van der Waals surface area (Å²) in [6, 6.07) is 5.68. The summed E-state index contributed by atoms with van der Waals surface area (Å²) in [5.41, 5.74) is 7.57. The van der Waals surface area contributed by atoms with Gasteiger partial charge in [0.1, 0.15) is 0 Å². The zero-order valence-corrected chi connectivity index (χ0v) is 12.3. The van der Waals surface area contributed by atoms with Gasteiger partial charge in [-0.25, -0.2) is 4.68 Å². The van der Waals surface area contributed by atoms with Gasteiger partial charge < -0.3 is 5.73 Å². The van der Waals surface area contributed by atoms with Gasteiger partial charge in [-0.3, -0.25) is 0 Å². The molecule has 6 heteroatoms. The van der Waals surface area contributed by atoms with E-state index in [2.05, 4.69) is 52.2 Å². The molecule has 2 aromatic rings. The lowest BCUT2D eigenvalue weighted by Gasteiger charge is -2.18. The molecule has 0 unspecified atom stereocenters. The number of aromatic nitrogens is 4. The summed E-state index contributed by atoms with van der Waals surface area (Å²) >= 11 is 3.48. The molecule has 5 nitrogen and oxygen atoms in total. The first kappa shape index (κ1) is 13.0. The lowest BCUT2D eigenvalue weighted by Crippen LogP contribution is -2.17. The van der Waals surface area contributed by atoms with Crippen molar-refractivity contribution in [3.63, 3.8) is 0 Å². The van der Waals surface area contributed by atoms with Crippen LogP contribution in [0.3, 0.4) is 0 Å². The van der Waals surface area contributed by atoms with Crippen LogP contribution in [-0.4, -0.2) is 20.2 Å². The van der Waals surface area contributed by atoms with Crippen LogP contribution in [0, 0.1) is 5.41 Å². The van der Waals surface area contributed by atoms with Gasteiger partial charge in [-0.15, -0.1) is 5.10 Å². The van der Waals surface area contributed by atoms with E-state index in [1.807, 2.05) is 18.2 Å². The largest absolute Gasteiger partial charge is 0.398 e. The fraction of sp³-hybridized carbons (Fsp3) is 0.417. The van der Waals surface area contributed by atoms with Gasteiger partial charge in [-0.05, 0) is 43.9 Å². The molecule has 0 aliphatic carbocycles. The highest BCUT2D eigenvalue weighted by Crippen LogP contribution is 2.31. The zero-order chi connectivity index (χ0) is 13.3. The lowest BCUT2D eigenvalue weighted by atomic mass is 9.97. The third kappa shape index (κ3) is 2.69. The predicted octanol–water partition coefficient (Wildman–Crippen LogP) is 2.73. The number of hydrogen-bond donors (Lipinski definition) is 1. The number of nitrogen functional groups attached to an aromatic ring is 1. The Morgan fingerprint density at radius 1 is 1.33 bits per heavy atom. The van der Waals surface area contributed by atoms with E-state index >= 15 is 0 Å². The maximum Gasteiger partial charge on any atom is 0.183 e. The van der Waals surface area contributed by atoms with Crippen molar-refractivity contribution in [2.75, 3.05) is 5.73 Å². The zero-order valence-electron chi connectivity index (χ0n) is 10.7. The van der Waals surface area contributed by atoms with Crippen LogP contribution in [0.15, 0.2) is 22.7 Å². The van der Waals surface area contributed by atoms with Gasteiger partial charge in [-0.1, -0.05) is 26.8 Å². The summed E-state index contributed by atoms with van der Waals surface area (Å²) in [6.07, 6.45) is 0. The maximum absolute atomic E-state index is 5.88. The molecule has 2 N–H and O–H groups in total. The van der Waals surface area contributed by atoms with Crippen molar-refractivity contribution in [3.8, 4) is 11.4 Å². The third-order valence-corrected chi connectivity index (χ3v) is 3.31. The Bertz CT molecular complexity index is 556. The van der Waals surface area contributed by atoms with Crippen LogP contribution < -0.4 is 5.73 Å². The van der Waals surface area contributed by atoms with Crippen LogP contribution in [0.2, 0.25) is 0 Å². The third-order valence-electron chi connectivity index (χ3n) is 2.43. The Kier molecular flexibility index (Phi) is 3.38. The van der Waals surface area contributed by atoms with Crippen molar-refractivity contribution >= 4 is 21.6 Å². The Labute approximate surface area is 115 Å². The van der Waals surface area contributed by atoms with Gasteiger partial charge >= 0.3 is 0 Å². The molecule has 0 amide bonds. The number of hydrogen-bond acceptors (Lipinski definition) is 4.